The zero-order chi connectivity index (χ0) is 19.1. The average molecular weight is 377 g/mol. The van der Waals surface area contributed by atoms with Gasteiger partial charge in [-0.2, -0.15) is 0 Å². The highest BCUT2D eigenvalue weighted by Crippen LogP contribution is 2.42. The van der Waals surface area contributed by atoms with Crippen molar-refractivity contribution in [2.24, 2.45) is 5.41 Å². The number of benzene rings is 2. The second-order valence-corrected chi connectivity index (χ2v) is 9.42. The lowest BCUT2D eigenvalue weighted by molar-refractivity contribution is 0.193. The molecule has 1 aliphatic rings. The lowest BCUT2D eigenvalue weighted by atomic mass is 9.86. The van der Waals surface area contributed by atoms with Crippen LogP contribution in [0.5, 0.6) is 5.75 Å². The van der Waals surface area contributed by atoms with E-state index in [9.17, 15) is 12.8 Å². The van der Waals surface area contributed by atoms with E-state index in [-0.39, 0.29) is 22.6 Å². The van der Waals surface area contributed by atoms with Crippen molar-refractivity contribution in [1.82, 2.24) is 0 Å². The topological polar surface area (TPSA) is 46.6 Å². The van der Waals surface area contributed by atoms with Crippen LogP contribution >= 0.6 is 0 Å². The lowest BCUT2D eigenvalue weighted by Crippen LogP contribution is -2.53. The van der Waals surface area contributed by atoms with Gasteiger partial charge in [-0.3, -0.25) is 4.31 Å². The zero-order valence-corrected chi connectivity index (χ0v) is 16.3. The van der Waals surface area contributed by atoms with Gasteiger partial charge in [0.2, 0.25) is 0 Å². The van der Waals surface area contributed by atoms with Gasteiger partial charge in [-0.1, -0.05) is 39.8 Å². The molecule has 1 heterocycles. The molecule has 140 valence electrons. The molecule has 4 nitrogen and oxygen atoms in total. The van der Waals surface area contributed by atoms with Crippen molar-refractivity contribution in [3.8, 4) is 5.75 Å². The van der Waals surface area contributed by atoms with E-state index in [1.165, 1.54) is 22.5 Å². The number of rotatable bonds is 3. The summed E-state index contributed by atoms with van der Waals surface area (Å²) >= 11 is 0. The monoisotopic (exact) mass is 377 g/mol. The number of sulfonamides is 1. The Balaban J connectivity index is 2.17. The van der Waals surface area contributed by atoms with E-state index < -0.39 is 21.9 Å². The Morgan fingerprint density at radius 3 is 2.38 bits per heavy atom. The second-order valence-electron chi connectivity index (χ2n) is 7.60. The molecule has 0 saturated carbocycles. The Bertz CT molecular complexity index is 902. The van der Waals surface area contributed by atoms with E-state index in [0.717, 1.165) is 12.0 Å². The van der Waals surface area contributed by atoms with Gasteiger partial charge in [0.1, 0.15) is 18.2 Å². The first-order chi connectivity index (χ1) is 12.1. The van der Waals surface area contributed by atoms with Gasteiger partial charge in [-0.05, 0) is 41.7 Å². The van der Waals surface area contributed by atoms with Crippen molar-refractivity contribution in [3.05, 3.63) is 53.8 Å². The second kappa shape index (κ2) is 6.58. The van der Waals surface area contributed by atoms with Crippen LogP contribution in [0.1, 0.15) is 33.3 Å². The fourth-order valence-electron chi connectivity index (χ4n) is 3.10. The molecule has 0 fully saturated rings. The van der Waals surface area contributed by atoms with Crippen molar-refractivity contribution < 1.29 is 17.5 Å². The molecule has 0 bridgehead atoms. The van der Waals surface area contributed by atoms with Crippen LogP contribution in [0.25, 0.3) is 0 Å². The number of nitrogens with zero attached hydrogens (tertiary/aromatic N) is 1. The van der Waals surface area contributed by atoms with Crippen molar-refractivity contribution in [3.63, 3.8) is 0 Å². The Labute approximate surface area is 154 Å². The average Bonchev–Trinajstić information content (AvgIpc) is 2.59. The van der Waals surface area contributed by atoms with Crippen LogP contribution < -0.4 is 9.04 Å². The fraction of sp³-hybridized carbons (Fsp3) is 0.400. The smallest absolute Gasteiger partial charge is 0.264 e. The van der Waals surface area contributed by atoms with Crippen LogP contribution in [-0.2, 0) is 16.4 Å². The minimum absolute atomic E-state index is 0.195. The summed E-state index contributed by atoms with van der Waals surface area (Å²) in [4.78, 5) is 0.195. The third-order valence-corrected chi connectivity index (χ3v) is 6.56. The van der Waals surface area contributed by atoms with Gasteiger partial charge in [0.15, 0.2) is 0 Å². The summed E-state index contributed by atoms with van der Waals surface area (Å²) in [5.74, 6) is -0.121. The van der Waals surface area contributed by atoms with E-state index in [0.29, 0.717) is 5.75 Å². The van der Waals surface area contributed by atoms with Crippen molar-refractivity contribution in [1.29, 1.82) is 0 Å². The maximum atomic E-state index is 13.9. The number of hydrogen-bond acceptors (Lipinski definition) is 3. The number of fused-ring (bicyclic) bond motifs is 1. The molecule has 0 aromatic heterocycles. The van der Waals surface area contributed by atoms with E-state index >= 15 is 0 Å². The molecule has 0 saturated heterocycles. The zero-order valence-electron chi connectivity index (χ0n) is 15.5. The maximum Gasteiger partial charge on any atom is 0.264 e. The summed E-state index contributed by atoms with van der Waals surface area (Å²) in [5, 5.41) is 0. The number of halogens is 1. The van der Waals surface area contributed by atoms with E-state index in [1.807, 2.05) is 39.8 Å². The molecular formula is C20H24FNO3S. The molecule has 3 rings (SSSR count). The molecule has 2 aromatic carbocycles. The molecule has 1 aliphatic heterocycles. The van der Waals surface area contributed by atoms with Crippen LogP contribution in [0.15, 0.2) is 47.4 Å². The molecule has 2 aromatic rings. The van der Waals surface area contributed by atoms with Gasteiger partial charge >= 0.3 is 0 Å². The molecule has 0 amide bonds. The SMILES string of the molecule is CCc1ccc(S(=O)(=O)N2c3cc(F)ccc3OCC2C(C)(C)C)cc1. The number of anilines is 1. The summed E-state index contributed by atoms with van der Waals surface area (Å²) in [6.07, 6.45) is 0.830. The van der Waals surface area contributed by atoms with E-state index in [1.54, 1.807) is 12.1 Å². The Kier molecular flexibility index (Phi) is 4.73. The predicted molar refractivity (Wildman–Crippen MR) is 101 cm³/mol. The van der Waals surface area contributed by atoms with Crippen LogP contribution in [-0.4, -0.2) is 21.1 Å². The summed E-state index contributed by atoms with van der Waals surface area (Å²) in [6.45, 7) is 8.09. The van der Waals surface area contributed by atoms with Crippen molar-refractivity contribution in [2.75, 3.05) is 10.9 Å². The fourth-order valence-corrected chi connectivity index (χ4v) is 4.92. The molecule has 1 atom stereocenters. The predicted octanol–water partition coefficient (Wildman–Crippen LogP) is 4.39. The highest BCUT2D eigenvalue weighted by atomic mass is 32.2. The Morgan fingerprint density at radius 1 is 1.15 bits per heavy atom. The summed E-state index contributed by atoms with van der Waals surface area (Å²) in [6, 6.07) is 10.4. The molecule has 0 spiro atoms. The van der Waals surface area contributed by atoms with Crippen LogP contribution in [0.2, 0.25) is 0 Å². The van der Waals surface area contributed by atoms with Crippen molar-refractivity contribution >= 4 is 15.7 Å². The minimum Gasteiger partial charge on any atom is -0.489 e. The lowest BCUT2D eigenvalue weighted by Gasteiger charge is -2.43. The minimum atomic E-state index is -3.86. The molecule has 0 N–H and O–H groups in total. The van der Waals surface area contributed by atoms with Gasteiger partial charge in [-0.15, -0.1) is 0 Å². The first-order valence-corrected chi connectivity index (χ1v) is 10.1. The van der Waals surface area contributed by atoms with Crippen LogP contribution in [0, 0.1) is 11.2 Å². The first kappa shape index (κ1) is 18.7. The summed E-state index contributed by atoms with van der Waals surface area (Å²) in [5.41, 5.74) is 0.918. The highest BCUT2D eigenvalue weighted by Gasteiger charge is 2.43. The maximum absolute atomic E-state index is 13.9. The summed E-state index contributed by atoms with van der Waals surface area (Å²) < 4.78 is 47.9. The molecule has 0 aliphatic carbocycles. The largest absolute Gasteiger partial charge is 0.489 e. The normalized spacial score (nSPS) is 17.6. The third-order valence-electron chi connectivity index (χ3n) is 4.73. The van der Waals surface area contributed by atoms with Gasteiger partial charge < -0.3 is 4.74 Å². The number of ether oxygens (including phenoxy) is 1. The third kappa shape index (κ3) is 3.30. The van der Waals surface area contributed by atoms with Crippen LogP contribution in [0.3, 0.4) is 0 Å². The Morgan fingerprint density at radius 2 is 1.81 bits per heavy atom. The van der Waals surface area contributed by atoms with Gasteiger partial charge in [0.25, 0.3) is 10.0 Å². The molecule has 26 heavy (non-hydrogen) atoms. The van der Waals surface area contributed by atoms with Gasteiger partial charge in [0, 0.05) is 6.07 Å². The number of aryl methyl sites for hydroxylation is 1. The highest BCUT2D eigenvalue weighted by molar-refractivity contribution is 7.92. The molecule has 1 unspecified atom stereocenters. The number of hydrogen-bond donors (Lipinski definition) is 0. The molecular weight excluding hydrogens is 353 g/mol. The summed E-state index contributed by atoms with van der Waals surface area (Å²) in [7, 11) is -3.86. The van der Waals surface area contributed by atoms with E-state index in [4.69, 9.17) is 4.74 Å². The first-order valence-electron chi connectivity index (χ1n) is 8.70. The van der Waals surface area contributed by atoms with Gasteiger partial charge in [-0.25, -0.2) is 12.8 Å². The Hall–Kier alpha value is -2.08. The van der Waals surface area contributed by atoms with Crippen LogP contribution in [0.4, 0.5) is 10.1 Å². The molecule has 6 heteroatoms. The molecule has 0 radical (unpaired) electrons. The van der Waals surface area contributed by atoms with E-state index in [2.05, 4.69) is 0 Å². The van der Waals surface area contributed by atoms with Crippen molar-refractivity contribution in [2.45, 2.75) is 45.1 Å². The quantitative estimate of drug-likeness (QED) is 0.797. The standard InChI is InChI=1S/C20H24FNO3S/c1-5-14-6-9-16(10-7-14)26(23,24)22-17-12-15(21)8-11-18(17)25-13-19(22)20(2,3)4/h6-12,19H,5,13H2,1-4H3. The van der Waals surface area contributed by atoms with Gasteiger partial charge in [0.05, 0.1) is 16.6 Å².